The fourth-order valence-electron chi connectivity index (χ4n) is 0.804. The molecular formula is C9H16N2. The molecule has 2 nitrogen and oxygen atoms in total. The van der Waals surface area contributed by atoms with Gasteiger partial charge in [0.15, 0.2) is 0 Å². The molecule has 0 saturated heterocycles. The van der Waals surface area contributed by atoms with E-state index >= 15 is 0 Å². The van der Waals surface area contributed by atoms with Gasteiger partial charge >= 0.3 is 0 Å². The Morgan fingerprint density at radius 2 is 2.18 bits per heavy atom. The van der Waals surface area contributed by atoms with Crippen LogP contribution in [-0.2, 0) is 0 Å². The minimum atomic E-state index is 0.692. The molecule has 0 aliphatic rings. The lowest BCUT2D eigenvalue weighted by Crippen LogP contribution is -1.82. The molecule has 0 fully saturated rings. The van der Waals surface area contributed by atoms with Crippen LogP contribution in [0.1, 0.15) is 39.0 Å². The molecule has 0 heterocycles. The van der Waals surface area contributed by atoms with E-state index in [1.54, 1.807) is 0 Å². The molecule has 0 aromatic carbocycles. The number of rotatable bonds is 6. The van der Waals surface area contributed by atoms with E-state index in [-0.39, 0.29) is 0 Å². The summed E-state index contributed by atoms with van der Waals surface area (Å²) in [4.78, 5) is 4.18. The van der Waals surface area contributed by atoms with Crippen molar-refractivity contribution < 1.29 is 0 Å². The third-order valence-corrected chi connectivity index (χ3v) is 1.39. The summed E-state index contributed by atoms with van der Waals surface area (Å²) in [5.41, 5.74) is 0. The van der Waals surface area contributed by atoms with Crippen LogP contribution in [0.3, 0.4) is 0 Å². The van der Waals surface area contributed by atoms with E-state index in [1.165, 1.54) is 0 Å². The Kier molecular flexibility index (Phi) is 8.46. The van der Waals surface area contributed by atoms with Crippen molar-refractivity contribution in [3.8, 4) is 6.07 Å². The summed E-state index contributed by atoms with van der Waals surface area (Å²) < 4.78 is 0. The van der Waals surface area contributed by atoms with Gasteiger partial charge in [0.1, 0.15) is 0 Å². The maximum atomic E-state index is 8.23. The standard InChI is InChI=1S/C9H16N2/c1-2-8-11-9-6-4-3-5-7-10/h8H,2-6,9H2,1H3. The molecule has 11 heavy (non-hydrogen) atoms. The zero-order valence-electron chi connectivity index (χ0n) is 7.21. The van der Waals surface area contributed by atoms with E-state index in [1.807, 2.05) is 6.21 Å². The zero-order chi connectivity index (χ0) is 8.36. The summed E-state index contributed by atoms with van der Waals surface area (Å²) in [5, 5.41) is 8.23. The summed E-state index contributed by atoms with van der Waals surface area (Å²) in [5.74, 6) is 0. The second-order valence-corrected chi connectivity index (χ2v) is 2.47. The first-order valence-corrected chi connectivity index (χ1v) is 4.27. The highest BCUT2D eigenvalue weighted by atomic mass is 14.7. The van der Waals surface area contributed by atoms with Crippen LogP contribution in [0, 0.1) is 11.3 Å². The third kappa shape index (κ3) is 9.16. The molecule has 0 aromatic heterocycles. The number of aliphatic imine (C=N–C) groups is 1. The molecule has 0 N–H and O–H groups in total. The van der Waals surface area contributed by atoms with Crippen molar-refractivity contribution in [2.24, 2.45) is 4.99 Å². The van der Waals surface area contributed by atoms with Crippen molar-refractivity contribution in [3.05, 3.63) is 0 Å². The molecule has 0 saturated carbocycles. The van der Waals surface area contributed by atoms with Gasteiger partial charge in [-0.05, 0) is 25.5 Å². The van der Waals surface area contributed by atoms with Gasteiger partial charge in [0.25, 0.3) is 0 Å². The van der Waals surface area contributed by atoms with Gasteiger partial charge in [0, 0.05) is 13.0 Å². The molecule has 0 rings (SSSR count). The lowest BCUT2D eigenvalue weighted by molar-refractivity contribution is 0.700. The van der Waals surface area contributed by atoms with Crippen LogP contribution in [0.15, 0.2) is 4.99 Å². The van der Waals surface area contributed by atoms with E-state index in [0.717, 1.165) is 32.2 Å². The number of nitrogens with zero attached hydrogens (tertiary/aromatic N) is 2. The van der Waals surface area contributed by atoms with Gasteiger partial charge in [-0.15, -0.1) is 0 Å². The molecule has 0 atom stereocenters. The van der Waals surface area contributed by atoms with E-state index in [0.29, 0.717) is 6.42 Å². The highest BCUT2D eigenvalue weighted by Crippen LogP contribution is 1.98. The molecule has 0 radical (unpaired) electrons. The monoisotopic (exact) mass is 152 g/mol. The van der Waals surface area contributed by atoms with Gasteiger partial charge in [-0.2, -0.15) is 5.26 Å². The Bertz CT molecular complexity index is 133. The van der Waals surface area contributed by atoms with Gasteiger partial charge in [0.2, 0.25) is 0 Å². The molecule has 0 spiro atoms. The smallest absolute Gasteiger partial charge is 0.0621 e. The molecule has 2 heteroatoms. The SMILES string of the molecule is CCC=NCCCCCC#N. The predicted molar refractivity (Wildman–Crippen MR) is 47.7 cm³/mol. The van der Waals surface area contributed by atoms with Crippen molar-refractivity contribution in [3.63, 3.8) is 0 Å². The Balaban J connectivity index is 2.91. The van der Waals surface area contributed by atoms with Crippen molar-refractivity contribution in [2.45, 2.75) is 39.0 Å². The maximum Gasteiger partial charge on any atom is 0.0621 e. The Labute approximate surface area is 68.9 Å². The van der Waals surface area contributed by atoms with Crippen LogP contribution in [0.25, 0.3) is 0 Å². The Morgan fingerprint density at radius 1 is 1.36 bits per heavy atom. The van der Waals surface area contributed by atoms with Crippen molar-refractivity contribution >= 4 is 6.21 Å². The van der Waals surface area contributed by atoms with Gasteiger partial charge in [-0.1, -0.05) is 13.3 Å². The van der Waals surface area contributed by atoms with Gasteiger partial charge in [0.05, 0.1) is 6.07 Å². The number of hydrogen-bond acceptors (Lipinski definition) is 2. The second-order valence-electron chi connectivity index (χ2n) is 2.47. The fourth-order valence-corrected chi connectivity index (χ4v) is 0.804. The molecular weight excluding hydrogens is 136 g/mol. The molecule has 0 unspecified atom stereocenters. The maximum absolute atomic E-state index is 8.23. The lowest BCUT2D eigenvalue weighted by Gasteiger charge is -1.92. The van der Waals surface area contributed by atoms with E-state index < -0.39 is 0 Å². The average Bonchev–Trinajstić information content (AvgIpc) is 2.03. The quantitative estimate of drug-likeness (QED) is 0.425. The second kappa shape index (κ2) is 9.16. The van der Waals surface area contributed by atoms with E-state index in [9.17, 15) is 0 Å². The lowest BCUT2D eigenvalue weighted by atomic mass is 10.2. The summed E-state index contributed by atoms with van der Waals surface area (Å²) >= 11 is 0. The van der Waals surface area contributed by atoms with Crippen LogP contribution in [0.4, 0.5) is 0 Å². The van der Waals surface area contributed by atoms with Crippen LogP contribution in [-0.4, -0.2) is 12.8 Å². The topological polar surface area (TPSA) is 36.1 Å². The molecule has 0 aliphatic heterocycles. The first-order chi connectivity index (χ1) is 5.41. The van der Waals surface area contributed by atoms with Crippen LogP contribution in [0.2, 0.25) is 0 Å². The minimum Gasteiger partial charge on any atom is -0.298 e. The highest BCUT2D eigenvalue weighted by molar-refractivity contribution is 5.56. The molecule has 62 valence electrons. The van der Waals surface area contributed by atoms with Crippen LogP contribution in [0.5, 0.6) is 0 Å². The summed E-state index contributed by atoms with van der Waals surface area (Å²) in [6.45, 7) is 3.01. The van der Waals surface area contributed by atoms with Crippen molar-refractivity contribution in [2.75, 3.05) is 6.54 Å². The predicted octanol–water partition coefficient (Wildman–Crippen LogP) is 2.55. The molecule has 0 aromatic rings. The van der Waals surface area contributed by atoms with Crippen molar-refractivity contribution in [1.82, 2.24) is 0 Å². The number of nitriles is 1. The van der Waals surface area contributed by atoms with Crippen LogP contribution < -0.4 is 0 Å². The fraction of sp³-hybridized carbons (Fsp3) is 0.778. The number of hydrogen-bond donors (Lipinski definition) is 0. The van der Waals surface area contributed by atoms with Gasteiger partial charge in [-0.3, -0.25) is 4.99 Å². The Morgan fingerprint density at radius 3 is 2.82 bits per heavy atom. The minimum absolute atomic E-state index is 0.692. The first-order valence-electron chi connectivity index (χ1n) is 4.27. The summed E-state index contributed by atoms with van der Waals surface area (Å²) in [6, 6.07) is 2.13. The molecule has 0 bridgehead atoms. The van der Waals surface area contributed by atoms with Gasteiger partial charge < -0.3 is 0 Å². The Hall–Kier alpha value is -0.840. The van der Waals surface area contributed by atoms with Gasteiger partial charge in [-0.25, -0.2) is 0 Å². The van der Waals surface area contributed by atoms with Crippen LogP contribution >= 0.6 is 0 Å². The summed E-state index contributed by atoms with van der Waals surface area (Å²) in [6.07, 6.45) is 6.95. The molecule has 0 amide bonds. The zero-order valence-corrected chi connectivity index (χ0v) is 7.21. The van der Waals surface area contributed by atoms with E-state index in [4.69, 9.17) is 5.26 Å². The largest absolute Gasteiger partial charge is 0.298 e. The third-order valence-electron chi connectivity index (χ3n) is 1.39. The normalized spacial score (nSPS) is 10.2. The average molecular weight is 152 g/mol. The highest BCUT2D eigenvalue weighted by Gasteiger charge is 1.85. The number of unbranched alkanes of at least 4 members (excludes halogenated alkanes) is 3. The first kappa shape index (κ1) is 10.2. The molecule has 0 aliphatic carbocycles. The van der Waals surface area contributed by atoms with Crippen molar-refractivity contribution in [1.29, 1.82) is 5.26 Å². The summed E-state index contributed by atoms with van der Waals surface area (Å²) in [7, 11) is 0. The van der Waals surface area contributed by atoms with E-state index in [2.05, 4.69) is 18.0 Å².